The molecule has 3 rings (SSSR count). The van der Waals surface area contributed by atoms with Crippen LogP contribution in [-0.2, 0) is 21.2 Å². The summed E-state index contributed by atoms with van der Waals surface area (Å²) in [7, 11) is -3.55. The summed E-state index contributed by atoms with van der Waals surface area (Å²) in [6.07, 6.45) is 3.44. The van der Waals surface area contributed by atoms with E-state index in [4.69, 9.17) is 11.6 Å². The van der Waals surface area contributed by atoms with E-state index in [1.54, 1.807) is 18.3 Å². The molecule has 0 fully saturated rings. The number of nitrogens with one attached hydrogen (secondary N) is 1. The third kappa shape index (κ3) is 4.18. The van der Waals surface area contributed by atoms with E-state index in [-0.39, 0.29) is 29.5 Å². The van der Waals surface area contributed by atoms with E-state index in [1.165, 1.54) is 12.1 Å². The van der Waals surface area contributed by atoms with E-state index < -0.39 is 9.84 Å². The van der Waals surface area contributed by atoms with Crippen LogP contribution in [0.25, 0.3) is 5.52 Å². The topological polar surface area (TPSA) is 80.5 Å². The number of pyridine rings is 1. The highest BCUT2D eigenvalue weighted by molar-refractivity contribution is 7.91. The number of fused-ring (bicyclic) bond motifs is 1. The molecular formula is C17H16ClN3O3S. The molecule has 0 saturated carbocycles. The van der Waals surface area contributed by atoms with Crippen LogP contribution in [0.5, 0.6) is 0 Å². The molecule has 1 N–H and O–H groups in total. The quantitative estimate of drug-likeness (QED) is 0.715. The Hall–Kier alpha value is -2.38. The van der Waals surface area contributed by atoms with E-state index in [0.717, 1.165) is 5.52 Å². The zero-order valence-electron chi connectivity index (χ0n) is 13.2. The Bertz CT molecular complexity index is 1010. The summed E-state index contributed by atoms with van der Waals surface area (Å²) in [4.78, 5) is 16.3. The second-order valence-electron chi connectivity index (χ2n) is 5.47. The SMILES string of the molecule is O=C(CCS(=O)(=O)c1cccc(Cl)c1)NCc1ncc2ccccn12. The molecule has 8 heteroatoms. The molecule has 0 radical (unpaired) electrons. The summed E-state index contributed by atoms with van der Waals surface area (Å²) in [5, 5.41) is 3.04. The average molecular weight is 378 g/mol. The predicted molar refractivity (Wildman–Crippen MR) is 95.2 cm³/mol. The van der Waals surface area contributed by atoms with E-state index in [1.807, 2.05) is 28.8 Å². The molecule has 0 unspecified atom stereocenters. The molecule has 0 atom stereocenters. The molecule has 0 saturated heterocycles. The number of hydrogen-bond acceptors (Lipinski definition) is 4. The third-order valence-electron chi connectivity index (χ3n) is 3.71. The van der Waals surface area contributed by atoms with Gasteiger partial charge in [-0.25, -0.2) is 13.4 Å². The van der Waals surface area contributed by atoms with Crippen LogP contribution in [0.1, 0.15) is 12.2 Å². The maximum absolute atomic E-state index is 12.2. The van der Waals surface area contributed by atoms with Gasteiger partial charge < -0.3 is 9.72 Å². The van der Waals surface area contributed by atoms with Crippen LogP contribution >= 0.6 is 11.6 Å². The number of amides is 1. The molecule has 2 heterocycles. The molecule has 1 aromatic carbocycles. The van der Waals surface area contributed by atoms with Gasteiger partial charge in [0.25, 0.3) is 0 Å². The van der Waals surface area contributed by atoms with Gasteiger partial charge in [-0.2, -0.15) is 0 Å². The van der Waals surface area contributed by atoms with Crippen molar-refractivity contribution in [1.82, 2.24) is 14.7 Å². The molecule has 2 aromatic heterocycles. The summed E-state index contributed by atoms with van der Waals surface area (Å²) in [6.45, 7) is 0.230. The maximum atomic E-state index is 12.2. The molecule has 130 valence electrons. The summed E-state index contributed by atoms with van der Waals surface area (Å²) < 4.78 is 26.3. The summed E-state index contributed by atoms with van der Waals surface area (Å²) >= 11 is 5.82. The predicted octanol–water partition coefficient (Wildman–Crippen LogP) is 2.47. The van der Waals surface area contributed by atoms with Crippen molar-refractivity contribution >= 4 is 32.9 Å². The number of rotatable bonds is 6. The molecule has 0 spiro atoms. The fraction of sp³-hybridized carbons (Fsp3) is 0.176. The van der Waals surface area contributed by atoms with Crippen LogP contribution in [0.15, 0.2) is 59.8 Å². The smallest absolute Gasteiger partial charge is 0.221 e. The van der Waals surface area contributed by atoms with Crippen LogP contribution < -0.4 is 5.32 Å². The highest BCUT2D eigenvalue weighted by Gasteiger charge is 2.17. The molecule has 0 bridgehead atoms. The van der Waals surface area contributed by atoms with Gasteiger partial charge in [-0.15, -0.1) is 0 Å². The lowest BCUT2D eigenvalue weighted by Gasteiger charge is -2.06. The number of carbonyl (C=O) groups excluding carboxylic acids is 1. The van der Waals surface area contributed by atoms with Crippen molar-refractivity contribution in [3.8, 4) is 0 Å². The highest BCUT2D eigenvalue weighted by atomic mass is 35.5. The van der Waals surface area contributed by atoms with Gasteiger partial charge in [-0.1, -0.05) is 23.7 Å². The van der Waals surface area contributed by atoms with E-state index >= 15 is 0 Å². The van der Waals surface area contributed by atoms with Crippen molar-refractivity contribution in [3.05, 3.63) is 65.7 Å². The lowest BCUT2D eigenvalue weighted by atomic mass is 10.4. The fourth-order valence-corrected chi connectivity index (χ4v) is 3.94. The zero-order chi connectivity index (χ0) is 17.9. The largest absolute Gasteiger partial charge is 0.349 e. The van der Waals surface area contributed by atoms with Crippen molar-refractivity contribution in [1.29, 1.82) is 0 Å². The Kier molecular flexibility index (Phi) is 5.06. The Morgan fingerprint density at radius 2 is 2.04 bits per heavy atom. The first kappa shape index (κ1) is 17.4. The zero-order valence-corrected chi connectivity index (χ0v) is 14.8. The van der Waals surface area contributed by atoms with Crippen LogP contribution in [0.2, 0.25) is 5.02 Å². The van der Waals surface area contributed by atoms with Gasteiger partial charge in [-0.05, 0) is 30.3 Å². The minimum Gasteiger partial charge on any atom is -0.349 e. The molecule has 1 amide bonds. The first-order valence-corrected chi connectivity index (χ1v) is 9.65. The fourth-order valence-electron chi connectivity index (χ4n) is 2.40. The number of imidazole rings is 1. The molecule has 0 aliphatic rings. The summed E-state index contributed by atoms with van der Waals surface area (Å²) in [5.74, 6) is 0.0570. The number of benzene rings is 1. The minimum atomic E-state index is -3.55. The van der Waals surface area contributed by atoms with Gasteiger partial charge in [0.15, 0.2) is 9.84 Å². The molecule has 3 aromatic rings. The lowest BCUT2D eigenvalue weighted by Crippen LogP contribution is -2.26. The Morgan fingerprint density at radius 1 is 1.20 bits per heavy atom. The number of hydrogen-bond donors (Lipinski definition) is 1. The van der Waals surface area contributed by atoms with Crippen molar-refractivity contribution in [2.45, 2.75) is 17.9 Å². The van der Waals surface area contributed by atoms with Crippen LogP contribution in [0, 0.1) is 0 Å². The van der Waals surface area contributed by atoms with Gasteiger partial charge in [0.05, 0.1) is 28.9 Å². The first-order chi connectivity index (χ1) is 12.0. The standard InChI is InChI=1S/C17H16ClN3O3S/c18-13-4-3-6-15(10-13)25(23,24)9-7-17(22)20-12-16-19-11-14-5-1-2-8-21(14)16/h1-6,8,10-11H,7,9,12H2,(H,20,22). The highest BCUT2D eigenvalue weighted by Crippen LogP contribution is 2.17. The summed E-state index contributed by atoms with van der Waals surface area (Å²) in [6, 6.07) is 11.7. The number of nitrogens with zero attached hydrogens (tertiary/aromatic N) is 2. The molecular weight excluding hydrogens is 362 g/mol. The van der Waals surface area contributed by atoms with E-state index in [0.29, 0.717) is 10.8 Å². The van der Waals surface area contributed by atoms with Crippen molar-refractivity contribution in [2.75, 3.05) is 5.75 Å². The van der Waals surface area contributed by atoms with Crippen molar-refractivity contribution in [3.63, 3.8) is 0 Å². The number of carbonyl (C=O) groups is 1. The lowest BCUT2D eigenvalue weighted by molar-refractivity contribution is -0.120. The normalized spacial score (nSPS) is 11.6. The Labute approximate surface area is 150 Å². The van der Waals surface area contributed by atoms with Crippen LogP contribution in [0.3, 0.4) is 0 Å². The number of halogens is 1. The van der Waals surface area contributed by atoms with Gasteiger partial charge in [0, 0.05) is 17.6 Å². The van der Waals surface area contributed by atoms with Crippen LogP contribution in [-0.4, -0.2) is 29.5 Å². The second-order valence-corrected chi connectivity index (χ2v) is 8.02. The van der Waals surface area contributed by atoms with Gasteiger partial charge >= 0.3 is 0 Å². The van der Waals surface area contributed by atoms with Crippen LogP contribution in [0.4, 0.5) is 0 Å². The number of sulfone groups is 1. The van der Waals surface area contributed by atoms with Gasteiger partial charge in [0.2, 0.25) is 5.91 Å². The maximum Gasteiger partial charge on any atom is 0.221 e. The molecule has 0 aliphatic heterocycles. The minimum absolute atomic E-state index is 0.118. The molecule has 0 aliphatic carbocycles. The Morgan fingerprint density at radius 3 is 2.84 bits per heavy atom. The average Bonchev–Trinajstić information content (AvgIpc) is 3.01. The Balaban J connectivity index is 1.58. The second kappa shape index (κ2) is 7.25. The summed E-state index contributed by atoms with van der Waals surface area (Å²) in [5.41, 5.74) is 0.926. The van der Waals surface area contributed by atoms with Gasteiger partial charge in [-0.3, -0.25) is 4.79 Å². The van der Waals surface area contributed by atoms with E-state index in [9.17, 15) is 13.2 Å². The van der Waals surface area contributed by atoms with Crippen molar-refractivity contribution in [2.24, 2.45) is 0 Å². The first-order valence-electron chi connectivity index (χ1n) is 7.62. The molecule has 6 nitrogen and oxygen atoms in total. The van der Waals surface area contributed by atoms with E-state index in [2.05, 4.69) is 10.3 Å². The third-order valence-corrected chi connectivity index (χ3v) is 5.66. The van der Waals surface area contributed by atoms with Crippen molar-refractivity contribution < 1.29 is 13.2 Å². The molecule has 25 heavy (non-hydrogen) atoms. The monoisotopic (exact) mass is 377 g/mol. The number of aromatic nitrogens is 2. The van der Waals surface area contributed by atoms with Gasteiger partial charge in [0.1, 0.15) is 5.82 Å².